The number of thioether (sulfide) groups is 2. The molecular weight excluding hydrogens is 196 g/mol. The van der Waals surface area contributed by atoms with Gasteiger partial charge in [-0.05, 0) is 41.9 Å². The van der Waals surface area contributed by atoms with E-state index >= 15 is 0 Å². The SMILES string of the molecule is CC1=CC2C(CC3SC(C)=CC32)S1. The monoisotopic (exact) mass is 210 g/mol. The van der Waals surface area contributed by atoms with Gasteiger partial charge < -0.3 is 0 Å². The zero-order valence-electron chi connectivity index (χ0n) is 7.99. The Morgan fingerprint density at radius 2 is 1.46 bits per heavy atom. The highest BCUT2D eigenvalue weighted by Gasteiger charge is 2.46. The molecule has 13 heavy (non-hydrogen) atoms. The lowest BCUT2D eigenvalue weighted by atomic mass is 9.95. The Morgan fingerprint density at radius 1 is 1.00 bits per heavy atom. The number of hydrogen-bond donors (Lipinski definition) is 0. The lowest BCUT2D eigenvalue weighted by Gasteiger charge is -2.11. The van der Waals surface area contributed by atoms with Crippen LogP contribution in [0.2, 0.25) is 0 Å². The van der Waals surface area contributed by atoms with Crippen LogP contribution in [0, 0.1) is 11.8 Å². The van der Waals surface area contributed by atoms with Gasteiger partial charge in [0.2, 0.25) is 0 Å². The minimum atomic E-state index is 0.861. The van der Waals surface area contributed by atoms with Crippen LogP contribution < -0.4 is 0 Å². The number of hydrogen-bond acceptors (Lipinski definition) is 2. The van der Waals surface area contributed by atoms with E-state index in [1.54, 1.807) is 9.81 Å². The van der Waals surface area contributed by atoms with Gasteiger partial charge in [-0.2, -0.15) is 0 Å². The average molecular weight is 210 g/mol. The summed E-state index contributed by atoms with van der Waals surface area (Å²) in [6.07, 6.45) is 6.44. The van der Waals surface area contributed by atoms with Gasteiger partial charge in [0, 0.05) is 10.5 Å². The molecule has 0 amide bonds. The van der Waals surface area contributed by atoms with Crippen molar-refractivity contribution in [3.05, 3.63) is 22.0 Å². The van der Waals surface area contributed by atoms with E-state index in [9.17, 15) is 0 Å². The van der Waals surface area contributed by atoms with Crippen LogP contribution in [0.15, 0.2) is 22.0 Å². The molecular formula is C11H14S2. The third kappa shape index (κ3) is 1.22. The van der Waals surface area contributed by atoms with Gasteiger partial charge in [-0.25, -0.2) is 0 Å². The van der Waals surface area contributed by atoms with Crippen LogP contribution >= 0.6 is 23.5 Å². The van der Waals surface area contributed by atoms with E-state index in [1.807, 2.05) is 0 Å². The minimum absolute atomic E-state index is 0.861. The molecule has 1 aliphatic carbocycles. The molecule has 70 valence electrons. The molecule has 1 saturated carbocycles. The van der Waals surface area contributed by atoms with E-state index in [-0.39, 0.29) is 0 Å². The third-order valence-corrected chi connectivity index (χ3v) is 5.93. The Labute approximate surface area is 88.2 Å². The highest BCUT2D eigenvalue weighted by Crippen LogP contribution is 2.56. The summed E-state index contributed by atoms with van der Waals surface area (Å²) >= 11 is 4.23. The molecule has 0 aromatic heterocycles. The first-order valence-electron chi connectivity index (χ1n) is 4.94. The summed E-state index contributed by atoms with van der Waals surface area (Å²) in [5.74, 6) is 1.72. The predicted molar refractivity (Wildman–Crippen MR) is 61.9 cm³/mol. The fourth-order valence-corrected chi connectivity index (χ4v) is 5.82. The van der Waals surface area contributed by atoms with Gasteiger partial charge in [-0.1, -0.05) is 12.2 Å². The van der Waals surface area contributed by atoms with Crippen molar-refractivity contribution in [2.75, 3.05) is 0 Å². The first-order valence-corrected chi connectivity index (χ1v) is 6.70. The summed E-state index contributed by atoms with van der Waals surface area (Å²) in [6.45, 7) is 4.52. The van der Waals surface area contributed by atoms with Crippen molar-refractivity contribution in [1.82, 2.24) is 0 Å². The van der Waals surface area contributed by atoms with E-state index in [2.05, 4.69) is 49.5 Å². The summed E-state index contributed by atoms with van der Waals surface area (Å²) in [6, 6.07) is 0. The second-order valence-corrected chi connectivity index (χ2v) is 7.23. The van der Waals surface area contributed by atoms with Crippen molar-refractivity contribution in [3.8, 4) is 0 Å². The molecule has 0 N–H and O–H groups in total. The molecule has 0 nitrogen and oxygen atoms in total. The van der Waals surface area contributed by atoms with Gasteiger partial charge in [0.1, 0.15) is 0 Å². The Bertz CT molecular complexity index is 273. The van der Waals surface area contributed by atoms with E-state index in [4.69, 9.17) is 0 Å². The van der Waals surface area contributed by atoms with Gasteiger partial charge in [-0.15, -0.1) is 23.5 Å². The van der Waals surface area contributed by atoms with Gasteiger partial charge in [0.05, 0.1) is 0 Å². The molecule has 0 radical (unpaired) electrons. The quantitative estimate of drug-likeness (QED) is 0.598. The summed E-state index contributed by atoms with van der Waals surface area (Å²) in [7, 11) is 0. The maximum absolute atomic E-state index is 2.51. The molecule has 2 heterocycles. The second-order valence-electron chi connectivity index (χ2n) is 4.26. The molecule has 4 atom stereocenters. The van der Waals surface area contributed by atoms with E-state index in [0.29, 0.717) is 0 Å². The Balaban J connectivity index is 1.91. The molecule has 0 saturated heterocycles. The Kier molecular flexibility index (Phi) is 1.85. The first kappa shape index (κ1) is 8.49. The second kappa shape index (κ2) is 2.83. The molecule has 3 aliphatic rings. The van der Waals surface area contributed by atoms with Crippen LogP contribution in [0.25, 0.3) is 0 Å². The van der Waals surface area contributed by atoms with Crippen LogP contribution in [0.5, 0.6) is 0 Å². The summed E-state index contributed by atoms with van der Waals surface area (Å²) in [5, 5.41) is 1.82. The largest absolute Gasteiger partial charge is 0.127 e. The highest BCUT2D eigenvalue weighted by molar-refractivity contribution is 8.05. The molecule has 3 rings (SSSR count). The van der Waals surface area contributed by atoms with Crippen LogP contribution in [-0.2, 0) is 0 Å². The summed E-state index contributed by atoms with van der Waals surface area (Å²) in [4.78, 5) is 3.10. The maximum Gasteiger partial charge on any atom is 0.0171 e. The minimum Gasteiger partial charge on any atom is -0.127 e. The molecule has 1 fully saturated rings. The van der Waals surface area contributed by atoms with Crippen molar-refractivity contribution in [2.24, 2.45) is 11.8 Å². The molecule has 0 aromatic carbocycles. The van der Waals surface area contributed by atoms with Crippen molar-refractivity contribution >= 4 is 23.5 Å². The Hall–Kier alpha value is 0.180. The molecule has 0 aromatic rings. The highest BCUT2D eigenvalue weighted by atomic mass is 32.2. The van der Waals surface area contributed by atoms with Crippen molar-refractivity contribution in [2.45, 2.75) is 30.8 Å². The summed E-state index contributed by atoms with van der Waals surface area (Å²) < 4.78 is 0. The molecule has 0 spiro atoms. The van der Waals surface area contributed by atoms with Crippen molar-refractivity contribution in [3.63, 3.8) is 0 Å². The fourth-order valence-electron chi connectivity index (χ4n) is 2.83. The Morgan fingerprint density at radius 3 is 1.92 bits per heavy atom. The predicted octanol–water partition coefficient (Wildman–Crippen LogP) is 3.66. The number of rotatable bonds is 0. The lowest BCUT2D eigenvalue weighted by Crippen LogP contribution is -2.10. The van der Waals surface area contributed by atoms with E-state index in [1.165, 1.54) is 6.42 Å². The third-order valence-electron chi connectivity index (χ3n) is 3.30. The van der Waals surface area contributed by atoms with E-state index in [0.717, 1.165) is 22.3 Å². The smallest absolute Gasteiger partial charge is 0.0171 e. The van der Waals surface area contributed by atoms with Crippen LogP contribution in [0.1, 0.15) is 20.3 Å². The number of fused-ring (bicyclic) bond motifs is 3. The van der Waals surface area contributed by atoms with Gasteiger partial charge in [0.25, 0.3) is 0 Å². The molecule has 2 heteroatoms. The fraction of sp³-hybridized carbons (Fsp3) is 0.636. The van der Waals surface area contributed by atoms with Crippen LogP contribution in [0.4, 0.5) is 0 Å². The zero-order valence-corrected chi connectivity index (χ0v) is 9.62. The van der Waals surface area contributed by atoms with Crippen LogP contribution in [0.3, 0.4) is 0 Å². The lowest BCUT2D eigenvalue weighted by molar-refractivity contribution is 0.581. The average Bonchev–Trinajstić information content (AvgIpc) is 2.60. The maximum atomic E-state index is 2.51. The van der Waals surface area contributed by atoms with Crippen molar-refractivity contribution in [1.29, 1.82) is 0 Å². The normalized spacial score (nSPS) is 47.2. The van der Waals surface area contributed by atoms with Crippen LogP contribution in [-0.4, -0.2) is 10.5 Å². The molecule has 4 unspecified atom stereocenters. The zero-order chi connectivity index (χ0) is 9.00. The summed E-state index contributed by atoms with van der Waals surface area (Å²) in [5.41, 5.74) is 0. The molecule has 0 bridgehead atoms. The standard InChI is InChI=1S/C11H14S2/c1-6-3-8-9-4-7(2)13-11(9)5-10(8)12-6/h3-4,8-11H,5H2,1-2H3. The topological polar surface area (TPSA) is 0 Å². The van der Waals surface area contributed by atoms with Crippen molar-refractivity contribution < 1.29 is 0 Å². The van der Waals surface area contributed by atoms with Gasteiger partial charge in [0.15, 0.2) is 0 Å². The van der Waals surface area contributed by atoms with E-state index < -0.39 is 0 Å². The van der Waals surface area contributed by atoms with Gasteiger partial charge >= 0.3 is 0 Å². The van der Waals surface area contributed by atoms with Gasteiger partial charge in [-0.3, -0.25) is 0 Å². The number of allylic oxidation sites excluding steroid dienone is 4. The first-order chi connectivity index (χ1) is 6.24. The molecule has 2 aliphatic heterocycles.